The second kappa shape index (κ2) is 8.54. The quantitative estimate of drug-likeness (QED) is 0.552. The fourth-order valence-electron chi connectivity index (χ4n) is 6.51. The summed E-state index contributed by atoms with van der Waals surface area (Å²) in [5.74, 6) is 3.22. The van der Waals surface area contributed by atoms with E-state index >= 15 is 0 Å². The van der Waals surface area contributed by atoms with Gasteiger partial charge in [0.1, 0.15) is 0 Å². The van der Waals surface area contributed by atoms with E-state index in [2.05, 4.69) is 36.8 Å². The minimum Gasteiger partial charge on any atom is -1.00 e. The largest absolute Gasteiger partial charge is 1.00 e. The van der Waals surface area contributed by atoms with Crippen LogP contribution in [0.25, 0.3) is 0 Å². The molecule has 5 aliphatic carbocycles. The maximum atomic E-state index is 4.50. The Balaban J connectivity index is 0.00000113. The fourth-order valence-corrected chi connectivity index (χ4v) is 17.2. The summed E-state index contributed by atoms with van der Waals surface area (Å²) in [6, 6.07) is 0. The average molecular weight is 435 g/mol. The third-order valence-electron chi connectivity index (χ3n) is 7.09. The molecule has 0 amide bonds. The molecular weight excluding hydrogens is 401 g/mol. The maximum absolute atomic E-state index is 4.50. The van der Waals surface area contributed by atoms with Gasteiger partial charge in [0.2, 0.25) is 0 Å². The number of halogens is 2. The van der Waals surface area contributed by atoms with Crippen LogP contribution in [0.2, 0.25) is 13.1 Å². The molecule has 4 bridgehead atoms. The third-order valence-corrected chi connectivity index (χ3v) is 18.6. The van der Waals surface area contributed by atoms with Gasteiger partial charge in [0.15, 0.2) is 0 Å². The molecule has 0 heterocycles. The molecule has 0 unspecified atom stereocenters. The van der Waals surface area contributed by atoms with Crippen LogP contribution < -0.4 is 28.6 Å². The van der Waals surface area contributed by atoms with Crippen molar-refractivity contribution in [1.82, 2.24) is 3.80 Å². The van der Waals surface area contributed by atoms with Crippen molar-refractivity contribution in [3.8, 4) is 0 Å². The van der Waals surface area contributed by atoms with E-state index in [1.165, 1.54) is 32.1 Å². The third kappa shape index (κ3) is 4.35. The van der Waals surface area contributed by atoms with Gasteiger partial charge in [-0.2, -0.15) is 0 Å². The number of hydrogen-bond acceptors (Lipinski definition) is 1. The normalized spacial score (nSPS) is 35.6. The molecule has 4 saturated carbocycles. The van der Waals surface area contributed by atoms with Gasteiger partial charge in [0.05, 0.1) is 0 Å². The van der Waals surface area contributed by atoms with Crippen molar-refractivity contribution in [1.29, 1.82) is 0 Å². The van der Waals surface area contributed by atoms with E-state index in [4.69, 9.17) is 0 Å². The maximum Gasteiger partial charge on any atom is -1.00 e. The van der Waals surface area contributed by atoms with Gasteiger partial charge in [-0.3, -0.25) is 0 Å². The first-order chi connectivity index (χ1) is 11.0. The Labute approximate surface area is 174 Å². The van der Waals surface area contributed by atoms with Crippen LogP contribution in [-0.2, 0) is 17.4 Å². The van der Waals surface area contributed by atoms with E-state index in [0.717, 1.165) is 17.8 Å². The molecular formula is C20H34Cl2NSiTi. The molecule has 0 radical (unpaired) electrons. The Kier molecular flexibility index (Phi) is 7.59. The van der Waals surface area contributed by atoms with Crippen LogP contribution >= 0.6 is 0 Å². The number of hydrogen-bond donors (Lipinski definition) is 1. The Morgan fingerprint density at radius 2 is 1.60 bits per heavy atom. The van der Waals surface area contributed by atoms with Crippen molar-refractivity contribution in [3.05, 3.63) is 21.1 Å². The Bertz CT molecular complexity index is 523. The van der Waals surface area contributed by atoms with Crippen LogP contribution in [0.1, 0.15) is 65.2 Å². The van der Waals surface area contributed by atoms with E-state index in [1.54, 1.807) is 30.4 Å². The molecule has 0 aromatic heterocycles. The molecule has 25 heavy (non-hydrogen) atoms. The average Bonchev–Trinajstić information content (AvgIpc) is 2.84. The molecule has 141 valence electrons. The number of nitrogens with one attached hydrogen (secondary N) is 1. The van der Waals surface area contributed by atoms with Gasteiger partial charge in [-0.1, -0.05) is 0 Å². The summed E-state index contributed by atoms with van der Waals surface area (Å²) in [5.41, 5.74) is 3.92. The van der Waals surface area contributed by atoms with Crippen molar-refractivity contribution in [3.63, 3.8) is 0 Å². The van der Waals surface area contributed by atoms with Gasteiger partial charge < -0.3 is 24.8 Å². The molecule has 0 aromatic carbocycles. The first kappa shape index (κ1) is 22.2. The van der Waals surface area contributed by atoms with Crippen LogP contribution in [-0.4, -0.2) is 12.2 Å². The second-order valence-corrected chi connectivity index (χ2v) is 22.2. The van der Waals surface area contributed by atoms with E-state index in [1.807, 2.05) is 3.88 Å². The van der Waals surface area contributed by atoms with Crippen LogP contribution in [0.5, 0.6) is 0 Å². The van der Waals surface area contributed by atoms with Crippen molar-refractivity contribution in [2.24, 2.45) is 17.8 Å². The molecule has 0 atom stereocenters. The molecule has 1 nitrogen and oxygen atoms in total. The molecule has 0 aromatic rings. The summed E-state index contributed by atoms with van der Waals surface area (Å²) in [6.07, 6.45) is 14.5. The SMILES string of the molecule is CCC1=C(C)C[C]([Ti+2]([NH]C23CC4CC(CC(C4)C2)C3)[SiH](C)C)=C1.[Cl-].[Cl-]. The predicted molar refractivity (Wildman–Crippen MR) is 98.6 cm³/mol. The van der Waals surface area contributed by atoms with Crippen LogP contribution in [0.3, 0.4) is 0 Å². The Morgan fingerprint density at radius 3 is 2.00 bits per heavy atom. The molecule has 0 spiro atoms. The van der Waals surface area contributed by atoms with Crippen molar-refractivity contribution in [2.45, 2.75) is 83.8 Å². The van der Waals surface area contributed by atoms with E-state index in [9.17, 15) is 0 Å². The molecule has 5 rings (SSSR count). The van der Waals surface area contributed by atoms with Gasteiger partial charge in [0, 0.05) is 0 Å². The Hall–Kier alpha value is 0.951. The van der Waals surface area contributed by atoms with Gasteiger partial charge in [-0.15, -0.1) is 0 Å². The molecule has 1 N–H and O–H groups in total. The van der Waals surface area contributed by atoms with Gasteiger partial charge in [-0.25, -0.2) is 0 Å². The summed E-state index contributed by atoms with van der Waals surface area (Å²) < 4.78 is 6.40. The zero-order valence-corrected chi connectivity index (χ0v) is 20.5. The summed E-state index contributed by atoms with van der Waals surface area (Å²) >= 11 is -1.23. The standard InChI is InChI=1S/C10H16N.C8H11.C2H7Si.2ClH.Ti/c11-10-4-7-1-8(5-10)3-9(2-7)6-10;1-3-8-6-4-5-7(8)2;1-3-2;;;/h7-9,11H,1-6H2;6H,3,5H2,1-2H3;3H,1-2H3;2*1H;/q-1;;;;;+3/p-2. The van der Waals surface area contributed by atoms with Gasteiger partial charge in [0.25, 0.3) is 0 Å². The summed E-state index contributed by atoms with van der Waals surface area (Å²) in [4.78, 5) is 0. The first-order valence-electron chi connectivity index (χ1n) is 10.0. The van der Waals surface area contributed by atoms with E-state index in [0.29, 0.717) is 5.54 Å². The molecule has 5 aliphatic rings. The second-order valence-electron chi connectivity index (χ2n) is 9.40. The molecule has 0 aliphatic heterocycles. The monoisotopic (exact) mass is 434 g/mol. The van der Waals surface area contributed by atoms with E-state index in [-0.39, 0.29) is 24.8 Å². The first-order valence-corrected chi connectivity index (χ1v) is 17.2. The smallest absolute Gasteiger partial charge is 1.00 e. The number of allylic oxidation sites excluding steroid dienone is 4. The number of rotatable bonds is 5. The van der Waals surface area contributed by atoms with Crippen molar-refractivity contribution < 1.29 is 42.2 Å². The summed E-state index contributed by atoms with van der Waals surface area (Å²) in [5, 5.41) is 0. The van der Waals surface area contributed by atoms with Crippen LogP contribution in [0.15, 0.2) is 21.1 Å². The predicted octanol–water partition coefficient (Wildman–Crippen LogP) is -0.916. The zero-order chi connectivity index (χ0) is 16.2. The summed E-state index contributed by atoms with van der Waals surface area (Å²) in [6.45, 7) is 9.39. The van der Waals surface area contributed by atoms with Crippen LogP contribution in [0.4, 0.5) is 0 Å². The minimum atomic E-state index is -1.23. The minimum absolute atomic E-state index is 0. The topological polar surface area (TPSA) is 12.0 Å². The Morgan fingerprint density at radius 1 is 1.08 bits per heavy atom. The van der Waals surface area contributed by atoms with Crippen molar-refractivity contribution in [2.75, 3.05) is 0 Å². The van der Waals surface area contributed by atoms with Crippen molar-refractivity contribution >= 4 is 6.66 Å². The van der Waals surface area contributed by atoms with Gasteiger partial charge in [-0.05, 0) is 0 Å². The molecule has 0 saturated heterocycles. The van der Waals surface area contributed by atoms with E-state index < -0.39 is 24.0 Å². The molecule has 5 heteroatoms. The summed E-state index contributed by atoms with van der Waals surface area (Å²) in [7, 11) is 0. The molecule has 4 fully saturated rings. The van der Waals surface area contributed by atoms with Crippen LogP contribution in [0, 0.1) is 17.8 Å². The fraction of sp³-hybridized carbons (Fsp3) is 0.800. The zero-order valence-electron chi connectivity index (χ0n) is 16.3. The van der Waals surface area contributed by atoms with Gasteiger partial charge >= 0.3 is 151 Å².